The van der Waals surface area contributed by atoms with Crippen molar-refractivity contribution in [1.29, 1.82) is 0 Å². The van der Waals surface area contributed by atoms with E-state index in [-0.39, 0.29) is 5.91 Å². The normalized spacial score (nSPS) is 20.5. The summed E-state index contributed by atoms with van der Waals surface area (Å²) in [5, 5.41) is 3.46. The molecular formula is C23H36N4O. The number of amides is 1. The molecule has 0 spiro atoms. The smallest absolute Gasteiger partial charge is 0.222 e. The van der Waals surface area contributed by atoms with Crippen molar-refractivity contribution in [2.75, 3.05) is 26.2 Å². The first-order chi connectivity index (χ1) is 13.5. The van der Waals surface area contributed by atoms with E-state index in [4.69, 9.17) is 4.99 Å². The Morgan fingerprint density at radius 3 is 2.61 bits per heavy atom. The van der Waals surface area contributed by atoms with E-state index >= 15 is 0 Å². The second kappa shape index (κ2) is 9.94. The predicted octanol–water partition coefficient (Wildman–Crippen LogP) is 3.64. The summed E-state index contributed by atoms with van der Waals surface area (Å²) in [5.41, 5.74) is 2.41. The van der Waals surface area contributed by atoms with Gasteiger partial charge in [0.25, 0.3) is 0 Å². The highest BCUT2D eigenvalue weighted by atomic mass is 16.2. The maximum Gasteiger partial charge on any atom is 0.222 e. The maximum atomic E-state index is 11.8. The molecule has 2 aliphatic heterocycles. The standard InChI is InChI=1S/C23H36N4O/c1-4-24-23(27-13-11-21(17-27)14-18(2)3)25-15-19-7-9-20(10-8-19)16-26-12-5-6-22(26)28/h7-10,18,21H,4-6,11-17H2,1-3H3,(H,24,25). The number of carbonyl (C=O) groups excluding carboxylic acids is 1. The first-order valence-electron chi connectivity index (χ1n) is 10.9. The van der Waals surface area contributed by atoms with Crippen molar-refractivity contribution >= 4 is 11.9 Å². The van der Waals surface area contributed by atoms with Gasteiger partial charge >= 0.3 is 0 Å². The molecule has 0 aliphatic carbocycles. The van der Waals surface area contributed by atoms with Gasteiger partial charge in [-0.05, 0) is 49.1 Å². The Bertz CT molecular complexity index is 668. The average Bonchev–Trinajstić information content (AvgIpc) is 3.29. The highest BCUT2D eigenvalue weighted by molar-refractivity contribution is 5.80. The second-order valence-corrected chi connectivity index (χ2v) is 8.64. The van der Waals surface area contributed by atoms with Crippen LogP contribution in [0.5, 0.6) is 0 Å². The fourth-order valence-corrected chi connectivity index (χ4v) is 4.32. The number of nitrogens with zero attached hydrogens (tertiary/aromatic N) is 3. The highest BCUT2D eigenvalue weighted by Crippen LogP contribution is 2.23. The Kier molecular flexibility index (Phi) is 7.35. The predicted molar refractivity (Wildman–Crippen MR) is 115 cm³/mol. The van der Waals surface area contributed by atoms with Crippen molar-refractivity contribution < 1.29 is 4.79 Å². The molecule has 2 aliphatic rings. The van der Waals surface area contributed by atoms with E-state index < -0.39 is 0 Å². The lowest BCUT2D eigenvalue weighted by molar-refractivity contribution is -0.128. The van der Waals surface area contributed by atoms with Gasteiger partial charge in [-0.2, -0.15) is 0 Å². The molecule has 1 unspecified atom stereocenters. The average molecular weight is 385 g/mol. The minimum absolute atomic E-state index is 0.283. The molecule has 3 rings (SSSR count). The monoisotopic (exact) mass is 384 g/mol. The van der Waals surface area contributed by atoms with E-state index in [1.807, 2.05) is 4.90 Å². The minimum atomic E-state index is 0.283. The molecule has 2 heterocycles. The summed E-state index contributed by atoms with van der Waals surface area (Å²) in [6.07, 6.45) is 4.27. The zero-order chi connectivity index (χ0) is 19.9. The number of rotatable bonds is 7. The SMILES string of the molecule is CCNC(=NCc1ccc(CN2CCCC2=O)cc1)N1CCC(CC(C)C)C1. The number of carbonyl (C=O) groups is 1. The number of benzene rings is 1. The molecule has 1 N–H and O–H groups in total. The maximum absolute atomic E-state index is 11.8. The van der Waals surface area contributed by atoms with Crippen molar-refractivity contribution in [3.63, 3.8) is 0 Å². The van der Waals surface area contributed by atoms with Gasteiger partial charge in [-0.15, -0.1) is 0 Å². The largest absolute Gasteiger partial charge is 0.357 e. The van der Waals surface area contributed by atoms with Gasteiger partial charge < -0.3 is 15.1 Å². The van der Waals surface area contributed by atoms with E-state index in [2.05, 4.69) is 55.3 Å². The van der Waals surface area contributed by atoms with E-state index in [9.17, 15) is 4.79 Å². The molecule has 1 aromatic carbocycles. The summed E-state index contributed by atoms with van der Waals surface area (Å²) in [7, 11) is 0. The van der Waals surface area contributed by atoms with Crippen LogP contribution in [0, 0.1) is 11.8 Å². The Hall–Kier alpha value is -2.04. The van der Waals surface area contributed by atoms with Crippen LogP contribution in [0.2, 0.25) is 0 Å². The van der Waals surface area contributed by atoms with Gasteiger partial charge in [0.05, 0.1) is 6.54 Å². The third-order valence-electron chi connectivity index (χ3n) is 5.70. The van der Waals surface area contributed by atoms with Gasteiger partial charge in [0.15, 0.2) is 5.96 Å². The van der Waals surface area contributed by atoms with Crippen LogP contribution in [-0.4, -0.2) is 47.8 Å². The van der Waals surface area contributed by atoms with Crippen LogP contribution in [0.25, 0.3) is 0 Å². The van der Waals surface area contributed by atoms with Crippen LogP contribution in [0.4, 0.5) is 0 Å². The molecule has 5 heteroatoms. The van der Waals surface area contributed by atoms with E-state index in [0.29, 0.717) is 13.0 Å². The molecule has 0 aromatic heterocycles. The molecule has 2 fully saturated rings. The second-order valence-electron chi connectivity index (χ2n) is 8.64. The number of aliphatic imine (C=N–C) groups is 1. The zero-order valence-corrected chi connectivity index (χ0v) is 17.8. The van der Waals surface area contributed by atoms with Crippen molar-refractivity contribution in [2.24, 2.45) is 16.8 Å². The topological polar surface area (TPSA) is 47.9 Å². The van der Waals surface area contributed by atoms with Crippen LogP contribution < -0.4 is 5.32 Å². The van der Waals surface area contributed by atoms with Crippen LogP contribution in [0.15, 0.2) is 29.3 Å². The van der Waals surface area contributed by atoms with Gasteiger partial charge in [-0.25, -0.2) is 4.99 Å². The Balaban J connectivity index is 1.56. The van der Waals surface area contributed by atoms with Crippen LogP contribution in [-0.2, 0) is 17.9 Å². The molecule has 0 bridgehead atoms. The molecule has 5 nitrogen and oxygen atoms in total. The minimum Gasteiger partial charge on any atom is -0.357 e. The molecule has 1 aromatic rings. The van der Waals surface area contributed by atoms with Crippen molar-refractivity contribution in [3.8, 4) is 0 Å². The number of nitrogens with one attached hydrogen (secondary N) is 1. The summed E-state index contributed by atoms with van der Waals surface area (Å²) >= 11 is 0. The summed E-state index contributed by atoms with van der Waals surface area (Å²) in [5.74, 6) is 2.88. The number of hydrogen-bond acceptors (Lipinski definition) is 2. The van der Waals surface area contributed by atoms with Gasteiger partial charge in [0.2, 0.25) is 5.91 Å². The Labute approximate surface area is 170 Å². The molecule has 28 heavy (non-hydrogen) atoms. The fourth-order valence-electron chi connectivity index (χ4n) is 4.32. The first kappa shape index (κ1) is 20.7. The molecule has 0 radical (unpaired) electrons. The lowest BCUT2D eigenvalue weighted by Crippen LogP contribution is -2.40. The van der Waals surface area contributed by atoms with Crippen LogP contribution in [0.1, 0.15) is 57.6 Å². The fraction of sp³-hybridized carbons (Fsp3) is 0.652. The van der Waals surface area contributed by atoms with Gasteiger partial charge in [0, 0.05) is 39.1 Å². The third kappa shape index (κ3) is 5.73. The van der Waals surface area contributed by atoms with Gasteiger partial charge in [-0.1, -0.05) is 38.1 Å². The van der Waals surface area contributed by atoms with Gasteiger partial charge in [-0.3, -0.25) is 4.79 Å². The molecule has 1 amide bonds. The van der Waals surface area contributed by atoms with Gasteiger partial charge in [0.1, 0.15) is 0 Å². The Morgan fingerprint density at radius 2 is 1.96 bits per heavy atom. The number of likely N-dealkylation sites (tertiary alicyclic amines) is 2. The van der Waals surface area contributed by atoms with E-state index in [0.717, 1.165) is 56.9 Å². The summed E-state index contributed by atoms with van der Waals surface area (Å²) in [6.45, 7) is 12.2. The molecule has 0 saturated carbocycles. The molecule has 154 valence electrons. The lowest BCUT2D eigenvalue weighted by atomic mass is 9.97. The van der Waals surface area contributed by atoms with Crippen molar-refractivity contribution in [2.45, 2.75) is 59.5 Å². The summed E-state index contributed by atoms with van der Waals surface area (Å²) < 4.78 is 0. The van der Waals surface area contributed by atoms with Crippen molar-refractivity contribution in [1.82, 2.24) is 15.1 Å². The molecular weight excluding hydrogens is 348 g/mol. The zero-order valence-electron chi connectivity index (χ0n) is 17.8. The highest BCUT2D eigenvalue weighted by Gasteiger charge is 2.25. The van der Waals surface area contributed by atoms with E-state index in [1.165, 1.54) is 24.0 Å². The molecule has 1 atom stereocenters. The number of hydrogen-bond donors (Lipinski definition) is 1. The van der Waals surface area contributed by atoms with E-state index in [1.54, 1.807) is 0 Å². The number of guanidine groups is 1. The van der Waals surface area contributed by atoms with Crippen LogP contribution >= 0.6 is 0 Å². The Morgan fingerprint density at radius 1 is 1.21 bits per heavy atom. The van der Waals surface area contributed by atoms with Crippen molar-refractivity contribution in [3.05, 3.63) is 35.4 Å². The quantitative estimate of drug-likeness (QED) is 0.577. The summed E-state index contributed by atoms with van der Waals surface area (Å²) in [6, 6.07) is 8.57. The third-order valence-corrected chi connectivity index (χ3v) is 5.70. The van der Waals surface area contributed by atoms with Crippen LogP contribution in [0.3, 0.4) is 0 Å². The molecule has 2 saturated heterocycles. The summed E-state index contributed by atoms with van der Waals surface area (Å²) in [4.78, 5) is 21.1. The lowest BCUT2D eigenvalue weighted by Gasteiger charge is -2.22. The first-order valence-corrected chi connectivity index (χ1v) is 10.9.